The Labute approximate surface area is 189 Å². The lowest BCUT2D eigenvalue weighted by Gasteiger charge is -2.08. The number of aryl methyl sites for hydroxylation is 2. The molecule has 3 amide bonds. The molecule has 1 heterocycles. The van der Waals surface area contributed by atoms with Crippen LogP contribution in [0.4, 0.5) is 0 Å². The molecule has 0 bridgehead atoms. The molecule has 7 nitrogen and oxygen atoms in total. The second-order valence-electron chi connectivity index (χ2n) is 7.54. The summed E-state index contributed by atoms with van der Waals surface area (Å²) in [4.78, 5) is 37.8. The summed E-state index contributed by atoms with van der Waals surface area (Å²) in [5.41, 5.74) is 12.2. The molecule has 8 heteroatoms. The number of thiophene rings is 1. The molecule has 0 atom stereocenters. The number of hydrogen-bond donors (Lipinski definition) is 3. The van der Waals surface area contributed by atoms with Crippen molar-refractivity contribution in [2.24, 2.45) is 5.73 Å². The molecule has 164 valence electrons. The van der Waals surface area contributed by atoms with E-state index in [1.54, 1.807) is 48.5 Å². The molecule has 2 aromatic carbocycles. The first-order chi connectivity index (χ1) is 15.5. The molecule has 0 saturated carbocycles. The van der Waals surface area contributed by atoms with E-state index in [9.17, 15) is 14.4 Å². The van der Waals surface area contributed by atoms with Crippen molar-refractivity contribution in [1.29, 1.82) is 0 Å². The fraction of sp³-hybridized carbons (Fsp3) is 0.208. The van der Waals surface area contributed by atoms with Crippen molar-refractivity contribution >= 4 is 29.1 Å². The molecule has 0 aliphatic heterocycles. The molecule has 32 heavy (non-hydrogen) atoms. The highest BCUT2D eigenvalue weighted by molar-refractivity contribution is 7.14. The highest BCUT2D eigenvalue weighted by Crippen LogP contribution is 2.29. The van der Waals surface area contributed by atoms with E-state index in [0.717, 1.165) is 25.7 Å². The Balaban J connectivity index is 1.31. The van der Waals surface area contributed by atoms with Gasteiger partial charge in [-0.3, -0.25) is 25.2 Å². The number of benzene rings is 2. The van der Waals surface area contributed by atoms with Crippen molar-refractivity contribution in [3.63, 3.8) is 0 Å². The Bertz CT molecular complexity index is 1110. The van der Waals surface area contributed by atoms with Crippen LogP contribution < -0.4 is 21.3 Å². The second kappa shape index (κ2) is 9.65. The zero-order chi connectivity index (χ0) is 22.5. The minimum atomic E-state index is -0.506. The SMILES string of the molecule is NC(=O)c1ccc(Oc2ccc(C(=O)NNC(=O)c3cc4c(s3)CCCCC4)cc2)cc1. The van der Waals surface area contributed by atoms with Crippen LogP contribution in [0.3, 0.4) is 0 Å². The molecule has 4 rings (SSSR count). The number of rotatable bonds is 5. The third kappa shape index (κ3) is 5.15. The quantitative estimate of drug-likeness (QED) is 0.404. The largest absolute Gasteiger partial charge is 0.457 e. The van der Waals surface area contributed by atoms with Gasteiger partial charge in [0.25, 0.3) is 11.8 Å². The van der Waals surface area contributed by atoms with Crippen molar-refractivity contribution in [1.82, 2.24) is 10.9 Å². The van der Waals surface area contributed by atoms with Crippen LogP contribution in [0, 0.1) is 0 Å². The van der Waals surface area contributed by atoms with Crippen molar-refractivity contribution < 1.29 is 19.1 Å². The molecule has 3 aromatic rings. The smallest absolute Gasteiger partial charge is 0.279 e. The average molecular weight is 450 g/mol. The molecule has 1 aliphatic carbocycles. The maximum Gasteiger partial charge on any atom is 0.279 e. The Morgan fingerprint density at radius 3 is 2.03 bits per heavy atom. The zero-order valence-electron chi connectivity index (χ0n) is 17.4. The summed E-state index contributed by atoms with van der Waals surface area (Å²) in [6.07, 6.45) is 5.56. The summed E-state index contributed by atoms with van der Waals surface area (Å²) in [5, 5.41) is 0. The van der Waals surface area contributed by atoms with E-state index in [0.29, 0.717) is 27.5 Å². The molecule has 0 radical (unpaired) electrons. The van der Waals surface area contributed by atoms with Gasteiger partial charge in [-0.15, -0.1) is 11.3 Å². The fourth-order valence-corrected chi connectivity index (χ4v) is 4.67. The van der Waals surface area contributed by atoms with Gasteiger partial charge >= 0.3 is 0 Å². The molecule has 0 unspecified atom stereocenters. The summed E-state index contributed by atoms with van der Waals surface area (Å²) >= 11 is 1.50. The van der Waals surface area contributed by atoms with Gasteiger partial charge in [-0.1, -0.05) is 6.42 Å². The Morgan fingerprint density at radius 2 is 1.38 bits per heavy atom. The predicted molar refractivity (Wildman–Crippen MR) is 122 cm³/mol. The number of hydrazine groups is 1. The van der Waals surface area contributed by atoms with Crippen LogP contribution in [0.5, 0.6) is 11.5 Å². The Hall–Kier alpha value is -3.65. The van der Waals surface area contributed by atoms with Crippen molar-refractivity contribution in [3.8, 4) is 11.5 Å². The number of fused-ring (bicyclic) bond motifs is 1. The van der Waals surface area contributed by atoms with Gasteiger partial charge in [-0.05, 0) is 85.8 Å². The summed E-state index contributed by atoms with van der Waals surface area (Å²) in [5.74, 6) is -0.177. The first-order valence-corrected chi connectivity index (χ1v) is 11.2. The Morgan fingerprint density at radius 1 is 0.781 bits per heavy atom. The highest BCUT2D eigenvalue weighted by Gasteiger charge is 2.17. The van der Waals surface area contributed by atoms with Gasteiger partial charge in [0.05, 0.1) is 4.88 Å². The van der Waals surface area contributed by atoms with Crippen LogP contribution in [-0.4, -0.2) is 17.7 Å². The Kier molecular flexibility index (Phi) is 6.51. The fourth-order valence-electron chi connectivity index (χ4n) is 3.52. The van der Waals surface area contributed by atoms with Gasteiger partial charge < -0.3 is 10.5 Å². The van der Waals surface area contributed by atoms with Crippen LogP contribution in [0.25, 0.3) is 0 Å². The van der Waals surface area contributed by atoms with Gasteiger partial charge in [-0.2, -0.15) is 0 Å². The van der Waals surface area contributed by atoms with Crippen LogP contribution in [-0.2, 0) is 12.8 Å². The van der Waals surface area contributed by atoms with E-state index in [4.69, 9.17) is 10.5 Å². The van der Waals surface area contributed by atoms with Gasteiger partial charge in [0.1, 0.15) is 11.5 Å². The molecule has 4 N–H and O–H groups in total. The van der Waals surface area contributed by atoms with E-state index in [2.05, 4.69) is 10.9 Å². The maximum atomic E-state index is 12.4. The number of primary amides is 1. The number of hydrogen-bond acceptors (Lipinski definition) is 5. The van der Waals surface area contributed by atoms with E-state index < -0.39 is 11.8 Å². The maximum absolute atomic E-state index is 12.4. The van der Waals surface area contributed by atoms with Crippen LogP contribution >= 0.6 is 11.3 Å². The predicted octanol–water partition coefficient (Wildman–Crippen LogP) is 3.98. The number of carbonyl (C=O) groups excluding carboxylic acids is 3. The van der Waals surface area contributed by atoms with E-state index in [1.165, 1.54) is 28.2 Å². The van der Waals surface area contributed by atoms with Crippen LogP contribution in [0.1, 0.15) is 60.1 Å². The molecule has 0 fully saturated rings. The summed E-state index contributed by atoms with van der Waals surface area (Å²) in [7, 11) is 0. The monoisotopic (exact) mass is 449 g/mol. The van der Waals surface area contributed by atoms with Gasteiger partial charge in [0.15, 0.2) is 0 Å². The van der Waals surface area contributed by atoms with Crippen molar-refractivity contribution in [2.45, 2.75) is 32.1 Å². The van der Waals surface area contributed by atoms with Crippen LogP contribution in [0.15, 0.2) is 54.6 Å². The third-order valence-corrected chi connectivity index (χ3v) is 6.49. The number of carbonyl (C=O) groups is 3. The minimum Gasteiger partial charge on any atom is -0.457 e. The third-order valence-electron chi connectivity index (χ3n) is 5.25. The molecular formula is C24H23N3O4S. The standard InChI is InChI=1S/C24H23N3O4S/c25-22(28)15-6-10-18(11-7-15)31-19-12-8-16(9-13-19)23(29)26-27-24(30)21-14-17-4-2-1-3-5-20(17)32-21/h6-14H,1-5H2,(H2,25,28)(H,26,29)(H,27,30). The van der Waals surface area contributed by atoms with Crippen molar-refractivity contribution in [2.75, 3.05) is 0 Å². The lowest BCUT2D eigenvalue weighted by molar-refractivity contribution is 0.0849. The highest BCUT2D eigenvalue weighted by atomic mass is 32.1. The number of ether oxygens (including phenoxy) is 1. The first kappa shape index (κ1) is 21.6. The summed E-state index contributed by atoms with van der Waals surface area (Å²) < 4.78 is 5.70. The normalized spacial score (nSPS) is 12.9. The lowest BCUT2D eigenvalue weighted by atomic mass is 10.1. The molecular weight excluding hydrogens is 426 g/mol. The topological polar surface area (TPSA) is 111 Å². The number of amides is 3. The lowest BCUT2D eigenvalue weighted by Crippen LogP contribution is -2.41. The molecule has 0 spiro atoms. The average Bonchev–Trinajstić information content (AvgIpc) is 3.08. The van der Waals surface area contributed by atoms with E-state index in [1.807, 2.05) is 6.07 Å². The molecule has 0 saturated heterocycles. The van der Waals surface area contributed by atoms with Crippen LogP contribution in [0.2, 0.25) is 0 Å². The summed E-state index contributed by atoms with van der Waals surface area (Å²) in [6.45, 7) is 0. The minimum absolute atomic E-state index is 0.309. The number of nitrogens with one attached hydrogen (secondary N) is 2. The van der Waals surface area contributed by atoms with Gasteiger partial charge in [0.2, 0.25) is 5.91 Å². The zero-order valence-corrected chi connectivity index (χ0v) is 18.2. The molecule has 1 aromatic heterocycles. The van der Waals surface area contributed by atoms with Gasteiger partial charge in [0, 0.05) is 16.0 Å². The summed E-state index contributed by atoms with van der Waals surface area (Å²) in [6, 6.07) is 14.9. The van der Waals surface area contributed by atoms with E-state index >= 15 is 0 Å². The molecule has 1 aliphatic rings. The second-order valence-corrected chi connectivity index (χ2v) is 8.68. The number of nitrogens with two attached hydrogens (primary N) is 1. The van der Waals surface area contributed by atoms with Gasteiger partial charge in [-0.25, -0.2) is 0 Å². The van der Waals surface area contributed by atoms with E-state index in [-0.39, 0.29) is 5.91 Å². The first-order valence-electron chi connectivity index (χ1n) is 10.4. The van der Waals surface area contributed by atoms with Crippen molar-refractivity contribution in [3.05, 3.63) is 81.0 Å².